The predicted octanol–water partition coefficient (Wildman–Crippen LogP) is 2.52. The number of aromatic nitrogens is 2. The van der Waals surface area contributed by atoms with Gasteiger partial charge in [0.1, 0.15) is 6.54 Å². The number of nitrogens with zero attached hydrogens (tertiary/aromatic N) is 2. The number of rotatable bonds is 3. The standard InChI is InChI=1S/C15H12N2O3S/c1-9-2-4-10(5-3-9)14-13-11(7-21-14)16-8-17(15(13)20)6-12(18)19/h2-5,7-8H,6H2,1H3,(H,18,19). The highest BCUT2D eigenvalue weighted by atomic mass is 32.1. The lowest BCUT2D eigenvalue weighted by molar-refractivity contribution is -0.137. The summed E-state index contributed by atoms with van der Waals surface area (Å²) in [7, 11) is 0. The van der Waals surface area contributed by atoms with Crippen LogP contribution in [0, 0.1) is 6.92 Å². The Hall–Kier alpha value is -2.47. The number of benzene rings is 1. The van der Waals surface area contributed by atoms with Gasteiger partial charge in [0.15, 0.2) is 0 Å². The molecule has 21 heavy (non-hydrogen) atoms. The lowest BCUT2D eigenvalue weighted by Gasteiger charge is -2.03. The highest BCUT2D eigenvalue weighted by Crippen LogP contribution is 2.31. The monoisotopic (exact) mass is 300 g/mol. The Balaban J connectivity index is 2.22. The van der Waals surface area contributed by atoms with E-state index in [1.165, 1.54) is 17.7 Å². The molecule has 0 aliphatic carbocycles. The zero-order valence-electron chi connectivity index (χ0n) is 11.2. The smallest absolute Gasteiger partial charge is 0.323 e. The maximum Gasteiger partial charge on any atom is 0.323 e. The van der Waals surface area contributed by atoms with Gasteiger partial charge < -0.3 is 5.11 Å². The van der Waals surface area contributed by atoms with Gasteiger partial charge in [-0.25, -0.2) is 4.98 Å². The largest absolute Gasteiger partial charge is 0.480 e. The topological polar surface area (TPSA) is 72.2 Å². The summed E-state index contributed by atoms with van der Waals surface area (Å²) in [5.41, 5.74) is 2.36. The van der Waals surface area contributed by atoms with Crippen molar-refractivity contribution in [1.82, 2.24) is 9.55 Å². The molecule has 0 bridgehead atoms. The zero-order chi connectivity index (χ0) is 15.0. The Bertz CT molecular complexity index is 878. The summed E-state index contributed by atoms with van der Waals surface area (Å²) in [4.78, 5) is 28.2. The molecule has 3 aromatic rings. The van der Waals surface area contributed by atoms with Crippen molar-refractivity contribution >= 4 is 28.2 Å². The van der Waals surface area contributed by atoms with Crippen molar-refractivity contribution in [2.45, 2.75) is 13.5 Å². The maximum absolute atomic E-state index is 12.5. The molecule has 0 spiro atoms. The van der Waals surface area contributed by atoms with Crippen LogP contribution < -0.4 is 5.56 Å². The minimum absolute atomic E-state index is 0.320. The van der Waals surface area contributed by atoms with Crippen LogP contribution in [-0.2, 0) is 11.3 Å². The molecular weight excluding hydrogens is 288 g/mol. The minimum atomic E-state index is -1.06. The van der Waals surface area contributed by atoms with Crippen LogP contribution in [0.3, 0.4) is 0 Å². The van der Waals surface area contributed by atoms with Crippen LogP contribution in [0.4, 0.5) is 0 Å². The van der Waals surface area contributed by atoms with E-state index in [0.29, 0.717) is 10.9 Å². The molecule has 0 fully saturated rings. The Morgan fingerprint density at radius 2 is 2.05 bits per heavy atom. The number of carbonyl (C=O) groups is 1. The van der Waals surface area contributed by atoms with Crippen molar-refractivity contribution in [2.75, 3.05) is 0 Å². The number of carboxylic acid groups (broad SMARTS) is 1. The first kappa shape index (κ1) is 13.5. The van der Waals surface area contributed by atoms with Gasteiger partial charge in [0.2, 0.25) is 0 Å². The van der Waals surface area contributed by atoms with Crippen molar-refractivity contribution in [1.29, 1.82) is 0 Å². The van der Waals surface area contributed by atoms with Gasteiger partial charge in [-0.2, -0.15) is 0 Å². The second kappa shape index (κ2) is 5.14. The molecule has 1 N–H and O–H groups in total. The van der Waals surface area contributed by atoms with Crippen molar-refractivity contribution in [3.63, 3.8) is 0 Å². The summed E-state index contributed by atoms with van der Waals surface area (Å²) in [5.74, 6) is -1.06. The molecule has 0 saturated carbocycles. The highest BCUT2D eigenvalue weighted by Gasteiger charge is 2.14. The van der Waals surface area contributed by atoms with Gasteiger partial charge in [-0.3, -0.25) is 14.2 Å². The molecule has 0 atom stereocenters. The summed E-state index contributed by atoms with van der Waals surface area (Å²) in [6, 6.07) is 7.86. The molecule has 0 radical (unpaired) electrons. The van der Waals surface area contributed by atoms with Crippen LogP contribution in [-0.4, -0.2) is 20.6 Å². The molecule has 3 rings (SSSR count). The number of hydrogen-bond donors (Lipinski definition) is 1. The third kappa shape index (κ3) is 2.45. The number of aliphatic carboxylic acids is 1. The Labute approximate surface area is 124 Å². The molecule has 1 aromatic carbocycles. The summed E-state index contributed by atoms with van der Waals surface area (Å²) >= 11 is 1.44. The van der Waals surface area contributed by atoms with E-state index in [0.717, 1.165) is 20.6 Å². The van der Waals surface area contributed by atoms with Crippen LogP contribution in [0.15, 0.2) is 40.8 Å². The SMILES string of the molecule is Cc1ccc(-c2scc3ncn(CC(=O)O)c(=O)c23)cc1. The fourth-order valence-electron chi connectivity index (χ4n) is 2.15. The van der Waals surface area contributed by atoms with E-state index in [1.54, 1.807) is 0 Å². The third-order valence-electron chi connectivity index (χ3n) is 3.20. The summed E-state index contributed by atoms with van der Waals surface area (Å²) in [6.45, 7) is 1.61. The van der Waals surface area contributed by atoms with Crippen LogP contribution in [0.1, 0.15) is 5.56 Å². The first-order chi connectivity index (χ1) is 10.1. The van der Waals surface area contributed by atoms with Gasteiger partial charge in [0.05, 0.1) is 17.2 Å². The van der Waals surface area contributed by atoms with Crippen LogP contribution in [0.25, 0.3) is 21.3 Å². The number of aryl methyl sites for hydroxylation is 1. The third-order valence-corrected chi connectivity index (χ3v) is 4.22. The van der Waals surface area contributed by atoms with Crippen LogP contribution >= 0.6 is 11.3 Å². The van der Waals surface area contributed by atoms with Gasteiger partial charge in [0, 0.05) is 10.3 Å². The van der Waals surface area contributed by atoms with Crippen molar-refractivity contribution in [3.05, 3.63) is 51.9 Å². The number of fused-ring (bicyclic) bond motifs is 1. The molecule has 0 aliphatic heterocycles. The second-order valence-corrected chi connectivity index (χ2v) is 5.64. The van der Waals surface area contributed by atoms with Crippen molar-refractivity contribution in [2.24, 2.45) is 0 Å². The van der Waals surface area contributed by atoms with E-state index in [-0.39, 0.29) is 12.1 Å². The molecule has 0 aliphatic rings. The van der Waals surface area contributed by atoms with E-state index < -0.39 is 5.97 Å². The Morgan fingerprint density at radius 1 is 1.33 bits per heavy atom. The Morgan fingerprint density at radius 3 is 2.71 bits per heavy atom. The Kier molecular flexibility index (Phi) is 3.31. The predicted molar refractivity (Wildman–Crippen MR) is 81.7 cm³/mol. The average Bonchev–Trinajstić information content (AvgIpc) is 2.87. The fraction of sp³-hybridized carbons (Fsp3) is 0.133. The molecular formula is C15H12N2O3S. The average molecular weight is 300 g/mol. The normalized spacial score (nSPS) is 10.9. The van der Waals surface area contributed by atoms with Gasteiger partial charge in [0.25, 0.3) is 5.56 Å². The second-order valence-electron chi connectivity index (χ2n) is 4.76. The van der Waals surface area contributed by atoms with E-state index in [2.05, 4.69) is 4.98 Å². The van der Waals surface area contributed by atoms with Crippen molar-refractivity contribution < 1.29 is 9.90 Å². The van der Waals surface area contributed by atoms with Gasteiger partial charge in [-0.1, -0.05) is 29.8 Å². The van der Waals surface area contributed by atoms with Crippen molar-refractivity contribution in [3.8, 4) is 10.4 Å². The van der Waals surface area contributed by atoms with Crippen LogP contribution in [0.2, 0.25) is 0 Å². The van der Waals surface area contributed by atoms with E-state index >= 15 is 0 Å². The first-order valence-corrected chi connectivity index (χ1v) is 7.19. The van der Waals surface area contributed by atoms with Gasteiger partial charge >= 0.3 is 5.97 Å². The summed E-state index contributed by atoms with van der Waals surface area (Å²) in [6.07, 6.45) is 1.28. The number of thiophene rings is 1. The number of carboxylic acids is 1. The van der Waals surface area contributed by atoms with E-state index in [4.69, 9.17) is 5.11 Å². The molecule has 0 saturated heterocycles. The molecule has 6 heteroatoms. The molecule has 5 nitrogen and oxygen atoms in total. The zero-order valence-corrected chi connectivity index (χ0v) is 12.1. The lowest BCUT2D eigenvalue weighted by atomic mass is 10.1. The van der Waals surface area contributed by atoms with E-state index in [9.17, 15) is 9.59 Å². The number of hydrogen-bond acceptors (Lipinski definition) is 4. The molecule has 0 unspecified atom stereocenters. The fourth-order valence-corrected chi connectivity index (χ4v) is 3.14. The maximum atomic E-state index is 12.5. The molecule has 2 heterocycles. The highest BCUT2D eigenvalue weighted by molar-refractivity contribution is 7.15. The summed E-state index contributed by atoms with van der Waals surface area (Å²) in [5, 5.41) is 11.1. The quantitative estimate of drug-likeness (QED) is 0.806. The summed E-state index contributed by atoms with van der Waals surface area (Å²) < 4.78 is 1.12. The molecule has 106 valence electrons. The van der Waals surface area contributed by atoms with E-state index in [1.807, 2.05) is 36.6 Å². The minimum Gasteiger partial charge on any atom is -0.480 e. The lowest BCUT2D eigenvalue weighted by Crippen LogP contribution is -2.24. The molecule has 0 amide bonds. The molecule has 2 aromatic heterocycles. The van der Waals surface area contributed by atoms with Gasteiger partial charge in [-0.05, 0) is 12.5 Å². The van der Waals surface area contributed by atoms with Gasteiger partial charge in [-0.15, -0.1) is 11.3 Å². The van der Waals surface area contributed by atoms with Crippen LogP contribution in [0.5, 0.6) is 0 Å². The first-order valence-electron chi connectivity index (χ1n) is 6.32.